The molecule has 0 bridgehead atoms. The lowest BCUT2D eigenvalue weighted by molar-refractivity contribution is -0.112. The number of aryl methyl sites for hydroxylation is 2. The minimum absolute atomic E-state index is 0.0945. The minimum Gasteiger partial charge on any atom is -0.390 e. The summed E-state index contributed by atoms with van der Waals surface area (Å²) in [4.78, 5) is 5.56. The van der Waals surface area contributed by atoms with Crippen LogP contribution in [0.2, 0.25) is 0 Å². The molecule has 1 saturated heterocycles. The fraction of sp³-hybridized carbons (Fsp3) is 0.739. The van der Waals surface area contributed by atoms with E-state index in [1.165, 1.54) is 10.4 Å². The first-order chi connectivity index (χ1) is 14.8. The Hall–Kier alpha value is -0.930. The smallest absolute Gasteiger partial charge is 0.0969 e. The molecule has 8 heteroatoms. The number of fused-ring (bicyclic) bond motifs is 2. The summed E-state index contributed by atoms with van der Waals surface area (Å²) in [5.74, 6) is 1.66. The third-order valence-corrected chi connectivity index (χ3v) is 9.05. The molecule has 4 heterocycles. The van der Waals surface area contributed by atoms with Gasteiger partial charge in [0.25, 0.3) is 0 Å². The second kappa shape index (κ2) is 9.51. The van der Waals surface area contributed by atoms with Crippen LogP contribution in [0.3, 0.4) is 0 Å². The van der Waals surface area contributed by atoms with E-state index < -0.39 is 5.60 Å². The number of aliphatic hydroxyl groups is 1. The zero-order chi connectivity index (χ0) is 22.1. The van der Waals surface area contributed by atoms with Gasteiger partial charge in [0, 0.05) is 53.0 Å². The lowest BCUT2D eigenvalue weighted by Crippen LogP contribution is -2.50. The number of hydrogen-bond donors (Lipinski definition) is 1. The average molecular weight is 465 g/mol. The molecule has 2 aromatic rings. The Labute approximate surface area is 194 Å². The zero-order valence-electron chi connectivity index (χ0n) is 19.3. The highest BCUT2D eigenvalue weighted by molar-refractivity contribution is 7.99. The van der Waals surface area contributed by atoms with Crippen molar-refractivity contribution in [3.63, 3.8) is 0 Å². The van der Waals surface area contributed by atoms with Crippen molar-refractivity contribution in [3.05, 3.63) is 33.3 Å². The van der Waals surface area contributed by atoms with Crippen LogP contribution in [0.15, 0.2) is 12.3 Å². The molecular formula is C23H36N4O2S2. The van der Waals surface area contributed by atoms with Crippen LogP contribution in [0.5, 0.6) is 0 Å². The molecule has 0 amide bonds. The minimum atomic E-state index is -0.621. The fourth-order valence-corrected chi connectivity index (χ4v) is 6.86. The summed E-state index contributed by atoms with van der Waals surface area (Å²) in [5.41, 5.74) is 1.79. The van der Waals surface area contributed by atoms with Gasteiger partial charge >= 0.3 is 0 Å². The molecule has 2 aromatic heterocycles. The Kier molecular flexibility index (Phi) is 7.13. The number of piperidine rings is 1. The first kappa shape index (κ1) is 23.2. The van der Waals surface area contributed by atoms with E-state index in [9.17, 15) is 5.11 Å². The van der Waals surface area contributed by atoms with Crippen LogP contribution < -0.4 is 0 Å². The average Bonchev–Trinajstić information content (AvgIpc) is 3.34. The van der Waals surface area contributed by atoms with Crippen LogP contribution in [0.4, 0.5) is 0 Å². The molecule has 0 saturated carbocycles. The van der Waals surface area contributed by atoms with E-state index in [4.69, 9.17) is 4.74 Å². The lowest BCUT2D eigenvalue weighted by atomic mass is 9.79. The quantitative estimate of drug-likeness (QED) is 0.599. The summed E-state index contributed by atoms with van der Waals surface area (Å²) < 4.78 is 8.40. The molecule has 2 aliphatic heterocycles. The molecule has 1 N–H and O–H groups in total. The molecule has 2 aliphatic rings. The summed E-state index contributed by atoms with van der Waals surface area (Å²) in [6.45, 7) is 11.8. The first-order valence-electron chi connectivity index (χ1n) is 11.5. The van der Waals surface area contributed by atoms with Gasteiger partial charge in [-0.3, -0.25) is 9.58 Å². The molecule has 1 fully saturated rings. The third-order valence-electron chi connectivity index (χ3n) is 6.33. The molecule has 31 heavy (non-hydrogen) atoms. The maximum atomic E-state index is 9.82. The molecule has 4 rings (SSSR count). The fourth-order valence-electron chi connectivity index (χ4n) is 4.72. The van der Waals surface area contributed by atoms with E-state index in [1.807, 2.05) is 29.9 Å². The molecule has 2 atom stereocenters. The largest absolute Gasteiger partial charge is 0.390 e. The molecule has 172 valence electrons. The molecule has 6 nitrogen and oxygen atoms in total. The number of thioether (sulfide) groups is 1. The molecule has 0 aromatic carbocycles. The van der Waals surface area contributed by atoms with Gasteiger partial charge < -0.3 is 9.84 Å². The van der Waals surface area contributed by atoms with Crippen LogP contribution in [0.1, 0.15) is 61.5 Å². The van der Waals surface area contributed by atoms with Gasteiger partial charge in [0.05, 0.1) is 30.0 Å². The van der Waals surface area contributed by atoms with E-state index in [2.05, 4.69) is 41.3 Å². The van der Waals surface area contributed by atoms with Crippen molar-refractivity contribution in [3.8, 4) is 0 Å². The van der Waals surface area contributed by atoms with Crippen LogP contribution in [-0.2, 0) is 36.3 Å². The van der Waals surface area contributed by atoms with Crippen molar-refractivity contribution in [2.75, 3.05) is 24.7 Å². The Morgan fingerprint density at radius 3 is 3.00 bits per heavy atom. The maximum Gasteiger partial charge on any atom is 0.0969 e. The van der Waals surface area contributed by atoms with E-state index in [0.29, 0.717) is 6.04 Å². The monoisotopic (exact) mass is 464 g/mol. The van der Waals surface area contributed by atoms with Crippen molar-refractivity contribution in [2.45, 2.75) is 83.7 Å². The van der Waals surface area contributed by atoms with E-state index in [-0.39, 0.29) is 5.60 Å². The Balaban J connectivity index is 1.33. The highest BCUT2D eigenvalue weighted by Gasteiger charge is 2.44. The van der Waals surface area contributed by atoms with E-state index >= 15 is 0 Å². The van der Waals surface area contributed by atoms with Gasteiger partial charge in [0.1, 0.15) is 0 Å². The topological polar surface area (TPSA) is 63.4 Å². The van der Waals surface area contributed by atoms with Gasteiger partial charge in [-0.1, -0.05) is 12.1 Å². The van der Waals surface area contributed by atoms with Gasteiger partial charge in [-0.05, 0) is 51.7 Å². The molecule has 0 unspecified atom stereocenters. The number of rotatable bonds is 8. The summed E-state index contributed by atoms with van der Waals surface area (Å²) in [7, 11) is 0. The highest BCUT2D eigenvalue weighted by Crippen LogP contribution is 2.46. The standard InChI is InChI=1S/C23H36N4O2S2/c1-5-19-12-20-21(31-19)6-10-29-23(20)7-8-26(17(2)13-23)14-18-15-27(25-24-18)9-11-30-16-22(3,4)28/h12,15,17,28H,5-11,13-14,16H2,1-4H3/t17-,23+/m0/s1. The van der Waals surface area contributed by atoms with Crippen molar-refractivity contribution in [1.29, 1.82) is 0 Å². The van der Waals surface area contributed by atoms with Gasteiger partial charge in [-0.15, -0.1) is 16.4 Å². The summed E-state index contributed by atoms with van der Waals surface area (Å²) in [6.07, 6.45) is 6.34. The third kappa shape index (κ3) is 5.53. The van der Waals surface area contributed by atoms with Crippen LogP contribution in [-0.4, -0.2) is 61.3 Å². The summed E-state index contributed by atoms with van der Waals surface area (Å²) >= 11 is 3.74. The predicted octanol–water partition coefficient (Wildman–Crippen LogP) is 3.86. The number of ether oxygens (including phenoxy) is 1. The number of nitrogens with zero attached hydrogens (tertiary/aromatic N) is 4. The van der Waals surface area contributed by atoms with Crippen molar-refractivity contribution in [1.82, 2.24) is 19.9 Å². The van der Waals surface area contributed by atoms with Gasteiger partial charge in [-0.2, -0.15) is 11.8 Å². The van der Waals surface area contributed by atoms with Gasteiger partial charge in [0.15, 0.2) is 0 Å². The number of hydrogen-bond acceptors (Lipinski definition) is 7. The number of aromatic nitrogens is 3. The number of thiophene rings is 1. The first-order valence-corrected chi connectivity index (χ1v) is 13.4. The molecular weight excluding hydrogens is 428 g/mol. The van der Waals surface area contributed by atoms with Crippen LogP contribution >= 0.6 is 23.1 Å². The second-order valence-corrected chi connectivity index (χ2v) is 11.9. The summed E-state index contributed by atoms with van der Waals surface area (Å²) in [6, 6.07) is 2.86. The molecule has 0 aliphatic carbocycles. The second-order valence-electron chi connectivity index (χ2n) is 9.61. The maximum absolute atomic E-state index is 9.82. The van der Waals surface area contributed by atoms with Crippen molar-refractivity contribution in [2.24, 2.45) is 0 Å². The Bertz CT molecular complexity index is 875. The summed E-state index contributed by atoms with van der Waals surface area (Å²) in [5, 5.41) is 18.5. The van der Waals surface area contributed by atoms with Crippen LogP contribution in [0, 0.1) is 0 Å². The Morgan fingerprint density at radius 2 is 2.26 bits per heavy atom. The van der Waals surface area contributed by atoms with Gasteiger partial charge in [-0.25, -0.2) is 0 Å². The van der Waals surface area contributed by atoms with Crippen molar-refractivity contribution >= 4 is 23.1 Å². The van der Waals surface area contributed by atoms with Crippen LogP contribution in [0.25, 0.3) is 0 Å². The molecule has 0 radical (unpaired) electrons. The van der Waals surface area contributed by atoms with Crippen molar-refractivity contribution < 1.29 is 9.84 Å². The van der Waals surface area contributed by atoms with E-state index in [0.717, 1.165) is 69.1 Å². The SMILES string of the molecule is CCc1cc2c(s1)CCO[C@@]21CCN(Cc2cn(CCSCC(C)(C)O)nn2)[C@@H](C)C1. The number of likely N-dealkylation sites (tertiary alicyclic amines) is 1. The van der Waals surface area contributed by atoms with E-state index in [1.54, 1.807) is 16.6 Å². The van der Waals surface area contributed by atoms with Gasteiger partial charge in [0.2, 0.25) is 0 Å². The normalized spacial score (nSPS) is 24.6. The zero-order valence-corrected chi connectivity index (χ0v) is 20.9. The lowest BCUT2D eigenvalue weighted by Gasteiger charge is -2.47. The molecule has 1 spiro atoms. The Morgan fingerprint density at radius 1 is 1.42 bits per heavy atom. The predicted molar refractivity (Wildman–Crippen MR) is 128 cm³/mol. The highest BCUT2D eigenvalue weighted by atomic mass is 32.2.